The maximum absolute atomic E-state index is 5.12. The Morgan fingerprint density at radius 3 is 2.86 bits per heavy atom. The number of hydrogen-bond acceptors (Lipinski definition) is 3. The monoisotopic (exact) mass is 209 g/mol. The molecule has 0 saturated carbocycles. The number of H-pyrrole nitrogens is 1. The summed E-state index contributed by atoms with van der Waals surface area (Å²) in [5, 5.41) is 3.82. The zero-order chi connectivity index (χ0) is 10.1. The van der Waals surface area contributed by atoms with E-state index in [0.717, 1.165) is 17.1 Å². The van der Waals surface area contributed by atoms with E-state index in [0.29, 0.717) is 11.3 Å². The van der Waals surface area contributed by atoms with Crippen molar-refractivity contribution in [3.63, 3.8) is 0 Å². The van der Waals surface area contributed by atoms with Crippen molar-refractivity contribution in [2.24, 2.45) is 0 Å². The molecule has 0 atom stereocenters. The van der Waals surface area contributed by atoms with E-state index >= 15 is 0 Å². The van der Waals surface area contributed by atoms with Crippen LogP contribution in [0.5, 0.6) is 0 Å². The molecule has 0 aliphatic rings. The lowest BCUT2D eigenvalue weighted by Gasteiger charge is -2.00. The van der Waals surface area contributed by atoms with Crippen molar-refractivity contribution < 1.29 is 4.52 Å². The van der Waals surface area contributed by atoms with Gasteiger partial charge in [0.05, 0.1) is 12.2 Å². The van der Waals surface area contributed by atoms with Gasteiger partial charge < -0.3 is 14.1 Å². The molecule has 14 heavy (non-hydrogen) atoms. The second-order valence-electron chi connectivity index (χ2n) is 3.26. The second-order valence-corrected chi connectivity index (χ2v) is 3.64. The van der Waals surface area contributed by atoms with Crippen LogP contribution in [0.1, 0.15) is 17.1 Å². The number of aromatic amines is 1. The molecule has 0 saturated heterocycles. The van der Waals surface area contributed by atoms with E-state index in [1.807, 2.05) is 30.7 Å². The number of aromatic nitrogens is 3. The summed E-state index contributed by atoms with van der Waals surface area (Å²) >= 11 is 5.12. The zero-order valence-corrected chi connectivity index (χ0v) is 8.89. The third-order valence-electron chi connectivity index (χ3n) is 2.07. The average molecular weight is 209 g/mol. The Labute approximate surface area is 86.5 Å². The van der Waals surface area contributed by atoms with Gasteiger partial charge in [0.1, 0.15) is 0 Å². The lowest BCUT2D eigenvalue weighted by molar-refractivity contribution is 0.371. The number of hydrogen-bond donors (Lipinski definition) is 1. The van der Waals surface area contributed by atoms with Crippen LogP contribution in [0.15, 0.2) is 16.8 Å². The third kappa shape index (κ3) is 1.63. The minimum absolute atomic E-state index is 0.634. The van der Waals surface area contributed by atoms with Gasteiger partial charge in [0, 0.05) is 18.0 Å². The first-order valence-electron chi connectivity index (χ1n) is 4.34. The fraction of sp³-hybridized carbons (Fsp3) is 0.333. The van der Waals surface area contributed by atoms with Gasteiger partial charge in [-0.05, 0) is 26.1 Å². The molecule has 0 aromatic carbocycles. The molecule has 2 rings (SSSR count). The first-order chi connectivity index (χ1) is 6.66. The van der Waals surface area contributed by atoms with Crippen LogP contribution in [0.25, 0.3) is 0 Å². The van der Waals surface area contributed by atoms with Crippen LogP contribution >= 0.6 is 12.2 Å². The fourth-order valence-corrected chi connectivity index (χ4v) is 1.59. The van der Waals surface area contributed by atoms with Gasteiger partial charge in [-0.25, -0.2) is 0 Å². The topological polar surface area (TPSA) is 46.8 Å². The molecule has 74 valence electrons. The summed E-state index contributed by atoms with van der Waals surface area (Å²) in [6, 6.07) is 1.91. The summed E-state index contributed by atoms with van der Waals surface area (Å²) in [6.45, 7) is 4.53. The van der Waals surface area contributed by atoms with Crippen LogP contribution < -0.4 is 0 Å². The molecule has 0 aliphatic carbocycles. The number of imidazole rings is 1. The molecule has 2 aromatic heterocycles. The molecule has 5 heteroatoms. The molecule has 0 spiro atoms. The highest BCUT2D eigenvalue weighted by molar-refractivity contribution is 7.71. The highest BCUT2D eigenvalue weighted by atomic mass is 32.1. The summed E-state index contributed by atoms with van der Waals surface area (Å²) in [6.07, 6.45) is 1.88. The van der Waals surface area contributed by atoms with Crippen molar-refractivity contribution in [2.45, 2.75) is 20.4 Å². The van der Waals surface area contributed by atoms with Gasteiger partial charge in [-0.15, -0.1) is 0 Å². The molecule has 0 aliphatic heterocycles. The molecule has 1 N–H and O–H groups in total. The van der Waals surface area contributed by atoms with Crippen molar-refractivity contribution in [2.75, 3.05) is 0 Å². The van der Waals surface area contributed by atoms with E-state index in [1.54, 1.807) is 0 Å². The van der Waals surface area contributed by atoms with Gasteiger partial charge in [-0.2, -0.15) is 0 Å². The highest BCUT2D eigenvalue weighted by Gasteiger charge is 2.04. The smallest absolute Gasteiger partial charge is 0.177 e. The highest BCUT2D eigenvalue weighted by Crippen LogP contribution is 2.07. The van der Waals surface area contributed by atoms with Crippen molar-refractivity contribution in [3.8, 4) is 0 Å². The first kappa shape index (κ1) is 9.21. The number of nitrogens with one attached hydrogen (secondary N) is 1. The first-order valence-corrected chi connectivity index (χ1v) is 4.74. The van der Waals surface area contributed by atoms with E-state index < -0.39 is 0 Å². The van der Waals surface area contributed by atoms with E-state index in [2.05, 4.69) is 10.1 Å². The Bertz CT molecular complexity index is 494. The summed E-state index contributed by atoms with van der Waals surface area (Å²) < 4.78 is 7.79. The number of aryl methyl sites for hydroxylation is 2. The van der Waals surface area contributed by atoms with Crippen molar-refractivity contribution in [1.29, 1.82) is 0 Å². The summed E-state index contributed by atoms with van der Waals surface area (Å²) in [7, 11) is 0. The Morgan fingerprint density at radius 1 is 1.57 bits per heavy atom. The van der Waals surface area contributed by atoms with Gasteiger partial charge >= 0.3 is 0 Å². The molecule has 0 radical (unpaired) electrons. The van der Waals surface area contributed by atoms with Crippen LogP contribution in [0, 0.1) is 18.6 Å². The van der Waals surface area contributed by atoms with E-state index in [9.17, 15) is 0 Å². The van der Waals surface area contributed by atoms with Gasteiger partial charge in [-0.3, -0.25) is 0 Å². The third-order valence-corrected chi connectivity index (χ3v) is 2.40. The largest absolute Gasteiger partial charge is 0.359 e. The number of nitrogens with zero attached hydrogens (tertiary/aromatic N) is 2. The minimum atomic E-state index is 0.634. The maximum Gasteiger partial charge on any atom is 0.177 e. The van der Waals surface area contributed by atoms with Crippen molar-refractivity contribution >= 4 is 12.2 Å². The van der Waals surface area contributed by atoms with E-state index in [1.165, 1.54) is 0 Å². The van der Waals surface area contributed by atoms with E-state index in [4.69, 9.17) is 16.7 Å². The van der Waals surface area contributed by atoms with Crippen LogP contribution in [0.4, 0.5) is 0 Å². The SMILES string of the molecule is Cc1cc(Cn2c(C)c[nH]c2=S)on1. The molecular weight excluding hydrogens is 198 g/mol. The molecular formula is C9H11N3OS. The lowest BCUT2D eigenvalue weighted by Crippen LogP contribution is -2.00. The van der Waals surface area contributed by atoms with Gasteiger partial charge in [0.2, 0.25) is 0 Å². The average Bonchev–Trinajstić information content (AvgIpc) is 2.67. The maximum atomic E-state index is 5.12. The standard InChI is InChI=1S/C9H11N3OS/c1-6-3-8(13-11-6)5-12-7(2)4-10-9(12)14/h3-4H,5H2,1-2H3,(H,10,14). The minimum Gasteiger partial charge on any atom is -0.359 e. The van der Waals surface area contributed by atoms with Crippen molar-refractivity contribution in [3.05, 3.63) is 34.2 Å². The normalized spacial score (nSPS) is 10.7. The molecule has 2 heterocycles. The predicted molar refractivity (Wildman–Crippen MR) is 54.7 cm³/mol. The van der Waals surface area contributed by atoms with Crippen LogP contribution in [-0.4, -0.2) is 14.7 Å². The van der Waals surface area contributed by atoms with Gasteiger partial charge in [0.25, 0.3) is 0 Å². The van der Waals surface area contributed by atoms with Crippen LogP contribution in [-0.2, 0) is 6.54 Å². The molecule has 0 unspecified atom stereocenters. The van der Waals surface area contributed by atoms with Crippen LogP contribution in [0.2, 0.25) is 0 Å². The Morgan fingerprint density at radius 2 is 2.36 bits per heavy atom. The quantitative estimate of drug-likeness (QED) is 0.771. The van der Waals surface area contributed by atoms with Crippen LogP contribution in [0.3, 0.4) is 0 Å². The lowest BCUT2D eigenvalue weighted by atomic mass is 10.4. The molecule has 2 aromatic rings. The Hall–Kier alpha value is -1.36. The number of rotatable bonds is 2. The summed E-state index contributed by atoms with van der Waals surface area (Å²) in [5.41, 5.74) is 1.98. The molecule has 0 bridgehead atoms. The second kappa shape index (κ2) is 3.42. The van der Waals surface area contributed by atoms with Crippen molar-refractivity contribution in [1.82, 2.24) is 14.7 Å². The molecule has 0 amide bonds. The molecule has 0 fully saturated rings. The fourth-order valence-electron chi connectivity index (χ4n) is 1.33. The van der Waals surface area contributed by atoms with Gasteiger partial charge in [-0.1, -0.05) is 5.16 Å². The zero-order valence-electron chi connectivity index (χ0n) is 8.07. The molecule has 4 nitrogen and oxygen atoms in total. The predicted octanol–water partition coefficient (Wildman–Crippen LogP) is 2.20. The van der Waals surface area contributed by atoms with Gasteiger partial charge in [0.15, 0.2) is 10.5 Å². The van der Waals surface area contributed by atoms with E-state index in [-0.39, 0.29) is 0 Å². The Kier molecular flexibility index (Phi) is 2.25. The summed E-state index contributed by atoms with van der Waals surface area (Å²) in [5.74, 6) is 0.821. The Balaban J connectivity index is 2.31. The summed E-state index contributed by atoms with van der Waals surface area (Å²) in [4.78, 5) is 2.98.